The SMILES string of the molecule is CC(C)(C)c1cc(NC(=O)c2cc(-c3ccccc3)no2)n(-c2ccccn2)n1. The van der Waals surface area contributed by atoms with Crippen molar-refractivity contribution in [2.24, 2.45) is 0 Å². The lowest BCUT2D eigenvalue weighted by molar-refractivity contribution is 0.0987. The molecule has 29 heavy (non-hydrogen) atoms. The number of hydrogen-bond donors (Lipinski definition) is 1. The summed E-state index contributed by atoms with van der Waals surface area (Å²) < 4.78 is 6.88. The van der Waals surface area contributed by atoms with E-state index in [2.05, 4.69) is 41.3 Å². The highest BCUT2D eigenvalue weighted by atomic mass is 16.5. The first-order valence-electron chi connectivity index (χ1n) is 9.27. The van der Waals surface area contributed by atoms with Crippen LogP contribution in [0.5, 0.6) is 0 Å². The van der Waals surface area contributed by atoms with Gasteiger partial charge < -0.3 is 9.84 Å². The molecule has 1 N–H and O–H groups in total. The maximum absolute atomic E-state index is 12.8. The van der Waals surface area contributed by atoms with Crippen molar-refractivity contribution in [2.45, 2.75) is 26.2 Å². The topological polar surface area (TPSA) is 85.8 Å². The molecular weight excluding hydrogens is 366 g/mol. The second-order valence-corrected chi connectivity index (χ2v) is 7.66. The molecule has 0 atom stereocenters. The highest BCUT2D eigenvalue weighted by Gasteiger charge is 2.23. The van der Waals surface area contributed by atoms with Crippen LogP contribution >= 0.6 is 0 Å². The second-order valence-electron chi connectivity index (χ2n) is 7.66. The van der Waals surface area contributed by atoms with Crippen LogP contribution in [0.3, 0.4) is 0 Å². The van der Waals surface area contributed by atoms with Gasteiger partial charge in [-0.1, -0.05) is 62.3 Å². The number of rotatable bonds is 4. The zero-order valence-electron chi connectivity index (χ0n) is 16.5. The Morgan fingerprint density at radius 1 is 1.03 bits per heavy atom. The van der Waals surface area contributed by atoms with Gasteiger partial charge in [-0.05, 0) is 12.1 Å². The Morgan fingerprint density at radius 2 is 1.79 bits per heavy atom. The Bertz CT molecular complexity index is 1120. The number of carbonyl (C=O) groups excluding carboxylic acids is 1. The number of anilines is 1. The van der Waals surface area contributed by atoms with Crippen LogP contribution in [0.25, 0.3) is 17.1 Å². The molecule has 0 fully saturated rings. The van der Waals surface area contributed by atoms with Crippen molar-refractivity contribution in [3.63, 3.8) is 0 Å². The number of nitrogens with one attached hydrogen (secondary N) is 1. The van der Waals surface area contributed by atoms with Crippen molar-refractivity contribution in [3.8, 4) is 17.1 Å². The maximum Gasteiger partial charge on any atom is 0.295 e. The molecule has 4 rings (SSSR count). The van der Waals surface area contributed by atoms with Crippen molar-refractivity contribution in [1.82, 2.24) is 19.9 Å². The molecule has 4 aromatic rings. The fourth-order valence-corrected chi connectivity index (χ4v) is 2.80. The molecule has 3 aromatic heterocycles. The summed E-state index contributed by atoms with van der Waals surface area (Å²) in [6.07, 6.45) is 1.68. The smallest absolute Gasteiger partial charge is 0.295 e. The van der Waals surface area contributed by atoms with Crippen LogP contribution in [0.2, 0.25) is 0 Å². The third-order valence-corrected chi connectivity index (χ3v) is 4.39. The van der Waals surface area contributed by atoms with E-state index in [1.54, 1.807) is 16.9 Å². The summed E-state index contributed by atoms with van der Waals surface area (Å²) in [5.41, 5.74) is 2.13. The van der Waals surface area contributed by atoms with Gasteiger partial charge in [0.2, 0.25) is 5.76 Å². The molecule has 0 radical (unpaired) electrons. The molecule has 0 saturated carbocycles. The summed E-state index contributed by atoms with van der Waals surface area (Å²) in [6, 6.07) is 18.5. The molecule has 0 bridgehead atoms. The van der Waals surface area contributed by atoms with Crippen LogP contribution in [-0.4, -0.2) is 25.8 Å². The van der Waals surface area contributed by atoms with Gasteiger partial charge in [-0.3, -0.25) is 4.79 Å². The first-order chi connectivity index (χ1) is 13.9. The maximum atomic E-state index is 12.8. The molecular formula is C22H21N5O2. The fraction of sp³-hybridized carbons (Fsp3) is 0.182. The van der Waals surface area contributed by atoms with Gasteiger partial charge in [0.1, 0.15) is 11.5 Å². The van der Waals surface area contributed by atoms with Crippen LogP contribution in [0.4, 0.5) is 5.82 Å². The Labute approximate surface area is 168 Å². The van der Waals surface area contributed by atoms with E-state index in [0.29, 0.717) is 17.3 Å². The van der Waals surface area contributed by atoms with E-state index < -0.39 is 5.91 Å². The van der Waals surface area contributed by atoms with E-state index in [-0.39, 0.29) is 11.2 Å². The number of pyridine rings is 1. The average molecular weight is 387 g/mol. The normalized spacial score (nSPS) is 11.4. The average Bonchev–Trinajstić information content (AvgIpc) is 3.37. The highest BCUT2D eigenvalue weighted by Crippen LogP contribution is 2.26. The third-order valence-electron chi connectivity index (χ3n) is 4.39. The summed E-state index contributed by atoms with van der Waals surface area (Å²) in [7, 11) is 0. The van der Waals surface area contributed by atoms with Crippen LogP contribution in [0, 0.1) is 0 Å². The summed E-state index contributed by atoms with van der Waals surface area (Å²) in [6.45, 7) is 6.19. The number of carbonyl (C=O) groups is 1. The predicted octanol–water partition coefficient (Wildman–Crippen LogP) is 4.47. The highest BCUT2D eigenvalue weighted by molar-refractivity contribution is 6.02. The van der Waals surface area contributed by atoms with Gasteiger partial charge in [0.25, 0.3) is 5.91 Å². The van der Waals surface area contributed by atoms with Crippen molar-refractivity contribution in [1.29, 1.82) is 0 Å². The first kappa shape index (κ1) is 18.6. The van der Waals surface area contributed by atoms with Gasteiger partial charge in [0, 0.05) is 29.3 Å². The Balaban J connectivity index is 1.64. The van der Waals surface area contributed by atoms with Gasteiger partial charge in [-0.15, -0.1) is 0 Å². The van der Waals surface area contributed by atoms with E-state index >= 15 is 0 Å². The molecule has 1 aromatic carbocycles. The van der Waals surface area contributed by atoms with Gasteiger partial charge in [0.15, 0.2) is 5.82 Å². The standard InChI is InChI=1S/C22H21N5O2/c1-22(2,3)18-14-20(27(25-18)19-11-7-8-12-23-19)24-21(28)17-13-16(26-29-17)15-9-5-4-6-10-15/h4-14H,1-3H3,(H,24,28). The van der Waals surface area contributed by atoms with E-state index in [4.69, 9.17) is 4.52 Å². The summed E-state index contributed by atoms with van der Waals surface area (Å²) >= 11 is 0. The molecule has 0 aliphatic heterocycles. The van der Waals surface area contributed by atoms with Crippen molar-refractivity contribution >= 4 is 11.7 Å². The van der Waals surface area contributed by atoms with Gasteiger partial charge >= 0.3 is 0 Å². The Morgan fingerprint density at radius 3 is 2.48 bits per heavy atom. The molecule has 0 aliphatic rings. The number of nitrogens with zero attached hydrogens (tertiary/aromatic N) is 4. The molecule has 0 aliphatic carbocycles. The van der Waals surface area contributed by atoms with Gasteiger partial charge in [-0.25, -0.2) is 4.98 Å². The molecule has 7 nitrogen and oxygen atoms in total. The monoisotopic (exact) mass is 387 g/mol. The van der Waals surface area contributed by atoms with Gasteiger partial charge in [0.05, 0.1) is 5.69 Å². The van der Waals surface area contributed by atoms with E-state index in [9.17, 15) is 4.79 Å². The van der Waals surface area contributed by atoms with Crippen molar-refractivity contribution in [3.05, 3.63) is 78.3 Å². The molecule has 0 saturated heterocycles. The number of benzene rings is 1. The fourth-order valence-electron chi connectivity index (χ4n) is 2.80. The van der Waals surface area contributed by atoms with E-state index in [1.807, 2.05) is 54.6 Å². The van der Waals surface area contributed by atoms with Crippen LogP contribution in [0.15, 0.2) is 71.4 Å². The second kappa shape index (κ2) is 7.35. The lowest BCUT2D eigenvalue weighted by Crippen LogP contribution is -2.15. The van der Waals surface area contributed by atoms with E-state index in [0.717, 1.165) is 11.3 Å². The molecule has 1 amide bonds. The zero-order chi connectivity index (χ0) is 20.4. The van der Waals surface area contributed by atoms with Crippen LogP contribution in [-0.2, 0) is 5.41 Å². The first-order valence-corrected chi connectivity index (χ1v) is 9.27. The Kier molecular flexibility index (Phi) is 4.72. The summed E-state index contributed by atoms with van der Waals surface area (Å²) in [5, 5.41) is 11.5. The molecule has 7 heteroatoms. The van der Waals surface area contributed by atoms with E-state index in [1.165, 1.54) is 0 Å². The minimum atomic E-state index is -0.405. The van der Waals surface area contributed by atoms with Crippen LogP contribution < -0.4 is 5.32 Å². The molecule has 3 heterocycles. The van der Waals surface area contributed by atoms with Crippen molar-refractivity contribution in [2.75, 3.05) is 5.32 Å². The number of hydrogen-bond acceptors (Lipinski definition) is 5. The Hall–Kier alpha value is -3.74. The minimum Gasteiger partial charge on any atom is -0.350 e. The van der Waals surface area contributed by atoms with Crippen LogP contribution in [0.1, 0.15) is 37.0 Å². The molecule has 146 valence electrons. The summed E-state index contributed by atoms with van der Waals surface area (Å²) in [5.74, 6) is 0.837. The molecule has 0 unspecified atom stereocenters. The number of aromatic nitrogens is 4. The largest absolute Gasteiger partial charge is 0.350 e. The number of amides is 1. The quantitative estimate of drug-likeness (QED) is 0.558. The molecule has 0 spiro atoms. The summed E-state index contributed by atoms with van der Waals surface area (Å²) in [4.78, 5) is 17.1. The van der Waals surface area contributed by atoms with Gasteiger partial charge in [-0.2, -0.15) is 9.78 Å². The van der Waals surface area contributed by atoms with Crippen molar-refractivity contribution < 1.29 is 9.32 Å². The minimum absolute atomic E-state index is 0.120. The predicted molar refractivity (Wildman–Crippen MR) is 110 cm³/mol. The lowest BCUT2D eigenvalue weighted by Gasteiger charge is -2.13. The third kappa shape index (κ3) is 3.94. The lowest BCUT2D eigenvalue weighted by atomic mass is 9.92. The zero-order valence-corrected chi connectivity index (χ0v) is 16.5.